The van der Waals surface area contributed by atoms with Crippen LogP contribution in [0.4, 0.5) is 0 Å². The first-order valence-corrected chi connectivity index (χ1v) is 9.14. The quantitative estimate of drug-likeness (QED) is 0.787. The fourth-order valence-corrected chi connectivity index (χ4v) is 4.10. The van der Waals surface area contributed by atoms with Gasteiger partial charge in [0.25, 0.3) is 5.91 Å². The number of benzene rings is 2. The van der Waals surface area contributed by atoms with Crippen LogP contribution in [0.1, 0.15) is 17.5 Å². The van der Waals surface area contributed by atoms with Gasteiger partial charge in [0, 0.05) is 24.1 Å². The van der Waals surface area contributed by atoms with Crippen LogP contribution < -0.4 is 0 Å². The van der Waals surface area contributed by atoms with E-state index in [9.17, 15) is 4.79 Å². The molecule has 0 radical (unpaired) electrons. The minimum absolute atomic E-state index is 0.0894. The Kier molecular flexibility index (Phi) is 3.42. The van der Waals surface area contributed by atoms with Gasteiger partial charge >= 0.3 is 0 Å². The summed E-state index contributed by atoms with van der Waals surface area (Å²) in [5.41, 5.74) is 5.33. The van der Waals surface area contributed by atoms with E-state index in [1.807, 2.05) is 4.90 Å². The van der Waals surface area contributed by atoms with Gasteiger partial charge in [0.2, 0.25) is 0 Å². The van der Waals surface area contributed by atoms with Crippen LogP contribution in [0.15, 0.2) is 89.0 Å². The molecule has 0 N–H and O–H groups in total. The van der Waals surface area contributed by atoms with Crippen molar-refractivity contribution in [2.45, 2.75) is 11.8 Å². The first kappa shape index (κ1) is 15.3. The van der Waals surface area contributed by atoms with Gasteiger partial charge < -0.3 is 4.90 Å². The third-order valence-corrected chi connectivity index (χ3v) is 5.61. The largest absolute Gasteiger partial charge is 0.334 e. The Balaban J connectivity index is 1.57. The molecule has 3 heteroatoms. The Morgan fingerprint density at radius 3 is 2.12 bits per heavy atom. The van der Waals surface area contributed by atoms with Crippen LogP contribution in [0.2, 0.25) is 0 Å². The molecular formula is C23H20N2O. The molecule has 0 bridgehead atoms. The normalized spacial score (nSPS) is 20.0. The number of aliphatic imine (C=N–C) groups is 1. The highest BCUT2D eigenvalue weighted by Gasteiger charge is 2.40. The molecule has 1 saturated heterocycles. The summed E-state index contributed by atoms with van der Waals surface area (Å²) in [6, 6.07) is 21.3. The molecule has 0 aromatic heterocycles. The van der Waals surface area contributed by atoms with E-state index in [0.717, 1.165) is 25.1 Å². The van der Waals surface area contributed by atoms with Gasteiger partial charge in [0.05, 0.1) is 6.54 Å². The van der Waals surface area contributed by atoms with Crippen LogP contribution in [0, 0.1) is 0 Å². The zero-order valence-corrected chi connectivity index (χ0v) is 14.6. The Hall–Kier alpha value is -2.94. The predicted molar refractivity (Wildman–Crippen MR) is 103 cm³/mol. The van der Waals surface area contributed by atoms with E-state index in [4.69, 9.17) is 0 Å². The van der Waals surface area contributed by atoms with Crippen molar-refractivity contribution in [1.82, 2.24) is 4.90 Å². The lowest BCUT2D eigenvalue weighted by molar-refractivity contribution is -0.118. The number of hydrogen-bond acceptors (Lipinski definition) is 2. The number of carbonyl (C=O) groups is 1. The molecule has 1 amide bonds. The summed E-state index contributed by atoms with van der Waals surface area (Å²) in [5.74, 6) is 0.0894. The van der Waals surface area contributed by atoms with Gasteiger partial charge in [0.1, 0.15) is 5.71 Å². The second kappa shape index (κ2) is 5.80. The fraction of sp³-hybridized carbons (Fsp3) is 0.217. The van der Waals surface area contributed by atoms with Crippen molar-refractivity contribution in [3.63, 3.8) is 0 Å². The monoisotopic (exact) mass is 340 g/mol. The van der Waals surface area contributed by atoms with Crippen LogP contribution in [-0.2, 0) is 10.2 Å². The van der Waals surface area contributed by atoms with Gasteiger partial charge in [0.15, 0.2) is 0 Å². The van der Waals surface area contributed by atoms with Gasteiger partial charge in [-0.2, -0.15) is 0 Å². The highest BCUT2D eigenvalue weighted by Crippen LogP contribution is 2.44. The molecule has 0 spiro atoms. The summed E-state index contributed by atoms with van der Waals surface area (Å²) in [6.07, 6.45) is 5.27. The summed E-state index contributed by atoms with van der Waals surface area (Å²) in [6.45, 7) is 2.36. The van der Waals surface area contributed by atoms with Crippen molar-refractivity contribution in [2.24, 2.45) is 4.99 Å². The van der Waals surface area contributed by atoms with Crippen molar-refractivity contribution >= 4 is 11.6 Å². The van der Waals surface area contributed by atoms with E-state index in [-0.39, 0.29) is 11.3 Å². The molecule has 2 heterocycles. The van der Waals surface area contributed by atoms with Gasteiger partial charge in [-0.3, -0.25) is 9.79 Å². The van der Waals surface area contributed by atoms with E-state index in [1.165, 1.54) is 16.7 Å². The first-order valence-electron chi connectivity index (χ1n) is 9.14. The molecule has 1 fully saturated rings. The van der Waals surface area contributed by atoms with E-state index >= 15 is 0 Å². The molecule has 3 aliphatic rings. The van der Waals surface area contributed by atoms with Crippen molar-refractivity contribution in [3.05, 3.63) is 95.1 Å². The minimum atomic E-state index is -0.199. The number of allylic oxidation sites excluding steroid dienone is 2. The third kappa shape index (κ3) is 2.35. The first-order chi connectivity index (χ1) is 12.8. The lowest BCUT2D eigenvalue weighted by Gasteiger charge is -2.35. The molecule has 0 unspecified atom stereocenters. The molecule has 0 saturated carbocycles. The molecule has 3 nitrogen and oxygen atoms in total. The summed E-state index contributed by atoms with van der Waals surface area (Å²) in [7, 11) is 0. The van der Waals surface area contributed by atoms with Gasteiger partial charge in [-0.25, -0.2) is 0 Å². The second-order valence-corrected chi connectivity index (χ2v) is 7.19. The van der Waals surface area contributed by atoms with Crippen molar-refractivity contribution in [2.75, 3.05) is 19.6 Å². The summed E-state index contributed by atoms with van der Waals surface area (Å²) >= 11 is 0. The second-order valence-electron chi connectivity index (χ2n) is 7.19. The molecular weight excluding hydrogens is 320 g/mol. The fourth-order valence-electron chi connectivity index (χ4n) is 4.10. The number of carbonyl (C=O) groups excluding carboxylic acids is 1. The van der Waals surface area contributed by atoms with E-state index in [2.05, 4.69) is 77.8 Å². The average molecular weight is 340 g/mol. The minimum Gasteiger partial charge on any atom is -0.334 e. The highest BCUT2D eigenvalue weighted by molar-refractivity contribution is 6.47. The van der Waals surface area contributed by atoms with Crippen LogP contribution in [0.3, 0.4) is 0 Å². The highest BCUT2D eigenvalue weighted by atomic mass is 16.2. The van der Waals surface area contributed by atoms with Crippen LogP contribution >= 0.6 is 0 Å². The predicted octanol–water partition coefficient (Wildman–Crippen LogP) is 3.53. The van der Waals surface area contributed by atoms with Crippen molar-refractivity contribution in [3.8, 4) is 0 Å². The van der Waals surface area contributed by atoms with Crippen LogP contribution in [-0.4, -0.2) is 36.2 Å². The molecule has 128 valence electrons. The maximum Gasteiger partial charge on any atom is 0.272 e. The Morgan fingerprint density at radius 2 is 1.54 bits per heavy atom. The molecule has 0 atom stereocenters. The maximum absolute atomic E-state index is 12.5. The SMILES string of the molecule is O=C(C1=NCC2=C1C=CC(c1ccccc1)(c1ccccc1)C2)N1CC1. The zero-order chi connectivity index (χ0) is 17.6. The molecule has 26 heavy (non-hydrogen) atoms. The standard InChI is InChI=1S/C23H20N2O/c26-22(25-13-14-25)21-20-11-12-23(15-17(20)16-24-21,18-7-3-1-4-8-18)19-9-5-2-6-10-19/h1-12H,13-16H2. The van der Waals surface area contributed by atoms with Gasteiger partial charge in [-0.1, -0.05) is 72.8 Å². The number of hydrogen-bond donors (Lipinski definition) is 0. The van der Waals surface area contributed by atoms with Gasteiger partial charge in [-0.05, 0) is 23.1 Å². The Morgan fingerprint density at radius 1 is 0.923 bits per heavy atom. The Bertz CT molecular complexity index is 911. The van der Waals surface area contributed by atoms with E-state index < -0.39 is 0 Å². The van der Waals surface area contributed by atoms with E-state index in [1.54, 1.807) is 0 Å². The average Bonchev–Trinajstić information content (AvgIpc) is 3.48. The number of nitrogens with zero attached hydrogens (tertiary/aromatic N) is 2. The van der Waals surface area contributed by atoms with Crippen LogP contribution in [0.5, 0.6) is 0 Å². The third-order valence-electron chi connectivity index (χ3n) is 5.61. The molecule has 2 aliphatic heterocycles. The maximum atomic E-state index is 12.5. The molecule has 5 rings (SSSR count). The van der Waals surface area contributed by atoms with Crippen molar-refractivity contribution in [1.29, 1.82) is 0 Å². The molecule has 2 aromatic rings. The zero-order valence-electron chi connectivity index (χ0n) is 14.6. The summed E-state index contributed by atoms with van der Waals surface area (Å²) in [5, 5.41) is 0. The molecule has 1 aliphatic carbocycles. The van der Waals surface area contributed by atoms with E-state index in [0.29, 0.717) is 12.3 Å². The number of amides is 1. The summed E-state index contributed by atoms with van der Waals surface area (Å²) < 4.78 is 0. The van der Waals surface area contributed by atoms with Crippen LogP contribution in [0.25, 0.3) is 0 Å². The Labute approximate surface area is 153 Å². The molecule has 2 aromatic carbocycles. The van der Waals surface area contributed by atoms with Gasteiger partial charge in [-0.15, -0.1) is 0 Å². The lowest BCUT2D eigenvalue weighted by Crippen LogP contribution is -2.30. The summed E-state index contributed by atoms with van der Waals surface area (Å²) in [4.78, 5) is 18.9. The number of rotatable bonds is 3. The van der Waals surface area contributed by atoms with Crippen molar-refractivity contribution < 1.29 is 4.79 Å². The smallest absolute Gasteiger partial charge is 0.272 e. The topological polar surface area (TPSA) is 32.4 Å². The lowest BCUT2D eigenvalue weighted by atomic mass is 9.67.